The molecule has 2 aromatic rings. The van der Waals surface area contributed by atoms with Crippen molar-refractivity contribution in [2.75, 3.05) is 7.11 Å². The summed E-state index contributed by atoms with van der Waals surface area (Å²) in [6.45, 7) is 1.85. The summed E-state index contributed by atoms with van der Waals surface area (Å²) < 4.78 is 5.31. The number of nitrogens with one attached hydrogen (secondary N) is 1. The summed E-state index contributed by atoms with van der Waals surface area (Å²) in [6, 6.07) is 9.61. The third kappa shape index (κ3) is 2.90. The third-order valence-electron chi connectivity index (χ3n) is 3.79. The first-order valence-corrected chi connectivity index (χ1v) is 8.10. The lowest BCUT2D eigenvalue weighted by atomic mass is 10.1. The van der Waals surface area contributed by atoms with Crippen LogP contribution < -0.4 is 10.2 Å². The number of nitrogens with zero attached hydrogens (tertiary/aromatic N) is 1. The summed E-state index contributed by atoms with van der Waals surface area (Å²) in [6.07, 6.45) is 3.38. The van der Waals surface area contributed by atoms with Crippen LogP contribution in [0.2, 0.25) is 0 Å². The molecule has 0 saturated heterocycles. The lowest BCUT2D eigenvalue weighted by Crippen LogP contribution is -2.18. The fourth-order valence-electron chi connectivity index (χ4n) is 2.63. The van der Waals surface area contributed by atoms with Crippen molar-refractivity contribution >= 4 is 23.0 Å². The van der Waals surface area contributed by atoms with E-state index < -0.39 is 0 Å². The Bertz CT molecular complexity index is 713. The number of thiophene rings is 1. The van der Waals surface area contributed by atoms with E-state index in [1.165, 1.54) is 16.9 Å². The highest BCUT2D eigenvalue weighted by atomic mass is 32.1. The highest BCUT2D eigenvalue weighted by Crippen LogP contribution is 2.30. The van der Waals surface area contributed by atoms with E-state index in [2.05, 4.69) is 10.5 Å². The standard InChI is InChI=1S/C17H18N2O2S/c1-11(13-7-3-4-8-14(13)21-2)18-19-17(20)16-10-12-6-5-9-15(12)22-16/h3-4,7-8,10H,5-6,9H2,1-2H3,(H,19,20)/b18-11-. The lowest BCUT2D eigenvalue weighted by molar-refractivity contribution is 0.0959. The number of para-hydroxylation sites is 1. The van der Waals surface area contributed by atoms with E-state index in [0.29, 0.717) is 0 Å². The fourth-order valence-corrected chi connectivity index (χ4v) is 3.78. The molecule has 1 aliphatic rings. The van der Waals surface area contributed by atoms with E-state index in [1.54, 1.807) is 18.4 Å². The van der Waals surface area contributed by atoms with Crippen LogP contribution in [0.25, 0.3) is 0 Å². The molecule has 0 bridgehead atoms. The highest BCUT2D eigenvalue weighted by molar-refractivity contribution is 7.14. The van der Waals surface area contributed by atoms with Gasteiger partial charge in [0.15, 0.2) is 0 Å². The van der Waals surface area contributed by atoms with Gasteiger partial charge in [0.1, 0.15) is 5.75 Å². The predicted octanol–water partition coefficient (Wildman–Crippen LogP) is 3.40. The summed E-state index contributed by atoms with van der Waals surface area (Å²) >= 11 is 1.58. The molecular formula is C17H18N2O2S. The van der Waals surface area contributed by atoms with E-state index >= 15 is 0 Å². The van der Waals surface area contributed by atoms with Crippen molar-refractivity contribution in [1.82, 2.24) is 5.43 Å². The maximum Gasteiger partial charge on any atom is 0.281 e. The number of aryl methyl sites for hydroxylation is 2. The molecule has 1 heterocycles. The van der Waals surface area contributed by atoms with Crippen molar-refractivity contribution in [3.05, 3.63) is 51.2 Å². The number of hydrogen-bond donors (Lipinski definition) is 1. The first-order valence-electron chi connectivity index (χ1n) is 7.28. The van der Waals surface area contributed by atoms with E-state index in [4.69, 9.17) is 4.74 Å². The van der Waals surface area contributed by atoms with Crippen LogP contribution in [0.4, 0.5) is 0 Å². The Labute approximate surface area is 133 Å². The van der Waals surface area contributed by atoms with Gasteiger partial charge >= 0.3 is 0 Å². The number of hydrazone groups is 1. The van der Waals surface area contributed by atoms with Crippen LogP contribution in [0, 0.1) is 0 Å². The smallest absolute Gasteiger partial charge is 0.281 e. The van der Waals surface area contributed by atoms with Gasteiger partial charge in [0.05, 0.1) is 17.7 Å². The molecule has 0 unspecified atom stereocenters. The molecule has 4 nitrogen and oxygen atoms in total. The summed E-state index contributed by atoms with van der Waals surface area (Å²) in [5.41, 5.74) is 5.55. The largest absolute Gasteiger partial charge is 0.496 e. The summed E-state index contributed by atoms with van der Waals surface area (Å²) in [7, 11) is 1.62. The Balaban J connectivity index is 1.73. The third-order valence-corrected chi connectivity index (χ3v) is 5.03. The zero-order valence-electron chi connectivity index (χ0n) is 12.7. The maximum atomic E-state index is 12.2. The second-order valence-corrected chi connectivity index (χ2v) is 6.39. The number of fused-ring (bicyclic) bond motifs is 1. The SMILES string of the molecule is COc1ccccc1/C(C)=N\NC(=O)c1cc2c(s1)CCC2. The van der Waals surface area contributed by atoms with Gasteiger partial charge in [-0.05, 0) is 49.9 Å². The predicted molar refractivity (Wildman–Crippen MR) is 89.0 cm³/mol. The van der Waals surface area contributed by atoms with Crippen molar-refractivity contribution < 1.29 is 9.53 Å². The van der Waals surface area contributed by atoms with Crippen LogP contribution >= 0.6 is 11.3 Å². The normalized spacial score (nSPS) is 13.8. The number of carbonyl (C=O) groups is 1. The monoisotopic (exact) mass is 314 g/mol. The zero-order valence-corrected chi connectivity index (χ0v) is 13.5. The van der Waals surface area contributed by atoms with Crippen molar-refractivity contribution in [2.45, 2.75) is 26.2 Å². The highest BCUT2D eigenvalue weighted by Gasteiger charge is 2.18. The summed E-state index contributed by atoms with van der Waals surface area (Å²) in [5.74, 6) is 0.599. The molecular weight excluding hydrogens is 296 g/mol. The maximum absolute atomic E-state index is 12.2. The number of amides is 1. The van der Waals surface area contributed by atoms with Gasteiger partial charge in [-0.15, -0.1) is 11.3 Å². The van der Waals surface area contributed by atoms with Crippen LogP contribution in [-0.4, -0.2) is 18.7 Å². The van der Waals surface area contributed by atoms with E-state index in [9.17, 15) is 4.79 Å². The minimum atomic E-state index is -0.145. The van der Waals surface area contributed by atoms with Crippen molar-refractivity contribution in [3.63, 3.8) is 0 Å². The van der Waals surface area contributed by atoms with Gasteiger partial charge in [-0.25, -0.2) is 5.43 Å². The van der Waals surface area contributed by atoms with Crippen molar-refractivity contribution in [2.24, 2.45) is 5.10 Å². The minimum Gasteiger partial charge on any atom is -0.496 e. The van der Waals surface area contributed by atoms with Gasteiger partial charge in [-0.1, -0.05) is 12.1 Å². The number of carbonyl (C=O) groups excluding carboxylic acids is 1. The molecule has 1 amide bonds. The molecule has 114 valence electrons. The Morgan fingerprint density at radius 1 is 1.32 bits per heavy atom. The molecule has 0 spiro atoms. The van der Waals surface area contributed by atoms with Gasteiger partial charge < -0.3 is 4.74 Å². The minimum absolute atomic E-state index is 0.145. The Kier molecular flexibility index (Phi) is 4.24. The fraction of sp³-hybridized carbons (Fsp3) is 0.294. The van der Waals surface area contributed by atoms with Gasteiger partial charge in [-0.2, -0.15) is 5.10 Å². The Hall–Kier alpha value is -2.14. The molecule has 1 aromatic carbocycles. The molecule has 22 heavy (non-hydrogen) atoms. The number of methoxy groups -OCH3 is 1. The molecule has 1 aromatic heterocycles. The number of rotatable bonds is 4. The average molecular weight is 314 g/mol. The number of hydrogen-bond acceptors (Lipinski definition) is 4. The summed E-state index contributed by atoms with van der Waals surface area (Å²) in [5, 5.41) is 4.21. The van der Waals surface area contributed by atoms with Crippen LogP contribution in [0.15, 0.2) is 35.4 Å². The summed E-state index contributed by atoms with van der Waals surface area (Å²) in [4.78, 5) is 14.3. The van der Waals surface area contributed by atoms with Gasteiger partial charge in [0, 0.05) is 10.4 Å². The Morgan fingerprint density at radius 3 is 2.91 bits per heavy atom. The lowest BCUT2D eigenvalue weighted by Gasteiger charge is -2.07. The average Bonchev–Trinajstić information content (AvgIpc) is 3.13. The molecule has 0 fully saturated rings. The first kappa shape index (κ1) is 14.8. The molecule has 0 radical (unpaired) electrons. The van der Waals surface area contributed by atoms with Crippen LogP contribution in [0.3, 0.4) is 0 Å². The molecule has 3 rings (SSSR count). The van der Waals surface area contributed by atoms with Gasteiger partial charge in [0.2, 0.25) is 0 Å². The van der Waals surface area contributed by atoms with E-state index in [0.717, 1.165) is 34.7 Å². The first-order chi connectivity index (χ1) is 10.7. The van der Waals surface area contributed by atoms with Gasteiger partial charge in [-0.3, -0.25) is 4.79 Å². The van der Waals surface area contributed by atoms with Crippen LogP contribution in [0.1, 0.15) is 39.0 Å². The number of benzene rings is 1. The topological polar surface area (TPSA) is 50.7 Å². The van der Waals surface area contributed by atoms with Crippen LogP contribution in [0.5, 0.6) is 5.75 Å². The molecule has 1 aliphatic carbocycles. The molecule has 0 aliphatic heterocycles. The zero-order chi connectivity index (χ0) is 15.5. The Morgan fingerprint density at radius 2 is 2.14 bits per heavy atom. The van der Waals surface area contributed by atoms with E-state index in [-0.39, 0.29) is 5.91 Å². The molecule has 5 heteroatoms. The van der Waals surface area contributed by atoms with Gasteiger partial charge in [0.25, 0.3) is 5.91 Å². The quantitative estimate of drug-likeness (QED) is 0.694. The second-order valence-electron chi connectivity index (χ2n) is 5.25. The van der Waals surface area contributed by atoms with Crippen LogP contribution in [-0.2, 0) is 12.8 Å². The van der Waals surface area contributed by atoms with Crippen molar-refractivity contribution in [3.8, 4) is 5.75 Å². The number of ether oxygens (including phenoxy) is 1. The van der Waals surface area contributed by atoms with E-state index in [1.807, 2.05) is 37.3 Å². The molecule has 0 atom stereocenters. The second kappa shape index (κ2) is 6.32. The molecule has 1 N–H and O–H groups in total. The molecule has 0 saturated carbocycles. The van der Waals surface area contributed by atoms with Crippen molar-refractivity contribution in [1.29, 1.82) is 0 Å².